The Hall–Kier alpha value is -1.75. The summed E-state index contributed by atoms with van der Waals surface area (Å²) in [7, 11) is 0. The first-order valence-electron chi connectivity index (χ1n) is 10.9. The van der Waals surface area contributed by atoms with Crippen molar-refractivity contribution >= 4 is 0 Å². The van der Waals surface area contributed by atoms with Crippen molar-refractivity contribution in [1.82, 2.24) is 14.8 Å². The lowest BCUT2D eigenvalue weighted by Crippen LogP contribution is -2.67. The van der Waals surface area contributed by atoms with Crippen LogP contribution < -0.4 is 0 Å². The van der Waals surface area contributed by atoms with Gasteiger partial charge < -0.3 is 10.0 Å². The Bertz CT molecular complexity index is 774. The predicted octanol–water partition coefficient (Wildman–Crippen LogP) is 3.38. The molecule has 0 amide bonds. The fourth-order valence-electron chi connectivity index (χ4n) is 5.27. The van der Waals surface area contributed by atoms with E-state index in [0.29, 0.717) is 12.0 Å². The minimum atomic E-state index is 0.258. The van der Waals surface area contributed by atoms with Gasteiger partial charge in [0.15, 0.2) is 0 Å². The number of hydrogen-bond acceptors (Lipinski definition) is 4. The summed E-state index contributed by atoms with van der Waals surface area (Å²) in [6.07, 6.45) is 9.11. The quantitative estimate of drug-likeness (QED) is 0.867. The van der Waals surface area contributed by atoms with E-state index in [4.69, 9.17) is 0 Å². The lowest BCUT2D eigenvalue weighted by molar-refractivity contribution is -0.0649. The Morgan fingerprint density at radius 2 is 1.82 bits per heavy atom. The van der Waals surface area contributed by atoms with Crippen molar-refractivity contribution in [3.63, 3.8) is 0 Å². The number of hydrogen-bond donors (Lipinski definition) is 1. The zero-order valence-electron chi connectivity index (χ0n) is 16.6. The summed E-state index contributed by atoms with van der Waals surface area (Å²) in [5.74, 6) is 1.38. The third-order valence-corrected chi connectivity index (χ3v) is 6.96. The van der Waals surface area contributed by atoms with Gasteiger partial charge in [-0.3, -0.25) is 9.88 Å². The van der Waals surface area contributed by atoms with Gasteiger partial charge in [0, 0.05) is 43.5 Å². The molecule has 1 N–H and O–H groups in total. The molecule has 2 aromatic rings. The molecule has 4 nitrogen and oxygen atoms in total. The van der Waals surface area contributed by atoms with Crippen molar-refractivity contribution in [3.05, 3.63) is 54.4 Å². The van der Waals surface area contributed by atoms with Gasteiger partial charge in [0.1, 0.15) is 0 Å². The lowest BCUT2D eigenvalue weighted by atomic mass is 9.74. The maximum atomic E-state index is 10.1. The van der Waals surface area contributed by atoms with E-state index < -0.39 is 0 Å². The highest BCUT2D eigenvalue weighted by atomic mass is 16.3. The van der Waals surface area contributed by atoms with Crippen molar-refractivity contribution in [2.45, 2.75) is 43.7 Å². The Morgan fingerprint density at radius 1 is 1.00 bits per heavy atom. The zero-order chi connectivity index (χ0) is 18.9. The number of aliphatic hydroxyl groups is 1. The topological polar surface area (TPSA) is 39.6 Å². The largest absolute Gasteiger partial charge is 0.395 e. The summed E-state index contributed by atoms with van der Waals surface area (Å²) >= 11 is 0. The molecule has 4 heteroatoms. The third kappa shape index (κ3) is 3.61. The Morgan fingerprint density at radius 3 is 2.54 bits per heavy atom. The van der Waals surface area contributed by atoms with Gasteiger partial charge in [0.05, 0.1) is 6.61 Å². The molecular weight excluding hydrogens is 346 g/mol. The van der Waals surface area contributed by atoms with Crippen LogP contribution in [0.15, 0.2) is 48.8 Å². The second kappa shape index (κ2) is 7.94. The Kier molecular flexibility index (Phi) is 5.19. The standard InChI is InChI=1S/C24H31N3O/c28-17-23-24(20-9-7-19(8-10-20)21-4-3-11-25-14-21)22-16-26(15-18-5-6-18)12-1-2-13-27(22)23/h3-4,7-11,14,18,22-24,28H,1-2,5-6,12-13,15-17H2/t22-,23-,24-/m0/s1. The van der Waals surface area contributed by atoms with Crippen LogP contribution in [0.25, 0.3) is 11.1 Å². The summed E-state index contributed by atoms with van der Waals surface area (Å²) in [6, 6.07) is 13.9. The highest BCUT2D eigenvalue weighted by Gasteiger charge is 2.49. The zero-order valence-corrected chi connectivity index (χ0v) is 16.6. The van der Waals surface area contributed by atoms with Crippen LogP contribution in [0.1, 0.15) is 37.2 Å². The molecular formula is C24H31N3O. The first-order valence-corrected chi connectivity index (χ1v) is 10.9. The summed E-state index contributed by atoms with van der Waals surface area (Å²) in [4.78, 5) is 9.53. The van der Waals surface area contributed by atoms with Gasteiger partial charge in [-0.15, -0.1) is 0 Å². The van der Waals surface area contributed by atoms with Crippen molar-refractivity contribution in [3.8, 4) is 11.1 Å². The van der Waals surface area contributed by atoms with Crippen LogP contribution >= 0.6 is 0 Å². The summed E-state index contributed by atoms with van der Waals surface area (Å²) in [6.45, 7) is 5.08. The molecule has 28 heavy (non-hydrogen) atoms. The smallest absolute Gasteiger partial charge is 0.0593 e. The molecule has 1 aromatic carbocycles. The average molecular weight is 378 g/mol. The molecule has 1 aromatic heterocycles. The highest BCUT2D eigenvalue weighted by Crippen LogP contribution is 2.42. The van der Waals surface area contributed by atoms with Crippen LogP contribution in [0.2, 0.25) is 0 Å². The van der Waals surface area contributed by atoms with Gasteiger partial charge in [0.2, 0.25) is 0 Å². The van der Waals surface area contributed by atoms with Crippen LogP contribution in [0.3, 0.4) is 0 Å². The van der Waals surface area contributed by atoms with Gasteiger partial charge in [-0.05, 0) is 67.4 Å². The van der Waals surface area contributed by atoms with E-state index in [2.05, 4.69) is 45.1 Å². The lowest BCUT2D eigenvalue weighted by Gasteiger charge is -2.57. The number of benzene rings is 1. The molecule has 2 aliphatic heterocycles. The van der Waals surface area contributed by atoms with Crippen LogP contribution in [-0.2, 0) is 0 Å². The van der Waals surface area contributed by atoms with Gasteiger partial charge in [0.25, 0.3) is 0 Å². The maximum absolute atomic E-state index is 10.1. The SMILES string of the molecule is OC[C@H]1[C@@H](c2ccc(-c3cccnc3)cc2)[C@@H]2CN(CC3CC3)CCCCN12. The van der Waals surface area contributed by atoms with E-state index in [1.165, 1.54) is 49.9 Å². The number of fused-ring (bicyclic) bond motifs is 1. The molecule has 3 aliphatic rings. The monoisotopic (exact) mass is 377 g/mol. The molecule has 0 bridgehead atoms. The van der Waals surface area contributed by atoms with Crippen molar-refractivity contribution in [2.24, 2.45) is 5.92 Å². The fraction of sp³-hybridized carbons (Fsp3) is 0.542. The molecule has 3 heterocycles. The first-order chi connectivity index (χ1) is 13.8. The molecule has 3 fully saturated rings. The van der Waals surface area contributed by atoms with E-state index in [0.717, 1.165) is 24.6 Å². The van der Waals surface area contributed by atoms with E-state index >= 15 is 0 Å². The van der Waals surface area contributed by atoms with Crippen LogP contribution in [-0.4, -0.2) is 64.8 Å². The molecule has 3 atom stereocenters. The van der Waals surface area contributed by atoms with E-state index in [1.807, 2.05) is 18.5 Å². The van der Waals surface area contributed by atoms with Gasteiger partial charge in [-0.1, -0.05) is 30.3 Å². The minimum Gasteiger partial charge on any atom is -0.395 e. The van der Waals surface area contributed by atoms with Crippen LogP contribution in [0.5, 0.6) is 0 Å². The number of aromatic nitrogens is 1. The number of nitrogens with zero attached hydrogens (tertiary/aromatic N) is 3. The van der Waals surface area contributed by atoms with E-state index in [1.54, 1.807) is 0 Å². The van der Waals surface area contributed by atoms with Gasteiger partial charge >= 0.3 is 0 Å². The summed E-state index contributed by atoms with van der Waals surface area (Å²) < 4.78 is 0. The van der Waals surface area contributed by atoms with Crippen molar-refractivity contribution in [1.29, 1.82) is 0 Å². The van der Waals surface area contributed by atoms with E-state index in [9.17, 15) is 5.11 Å². The second-order valence-electron chi connectivity index (χ2n) is 8.85. The molecule has 0 radical (unpaired) electrons. The highest BCUT2D eigenvalue weighted by molar-refractivity contribution is 5.62. The second-order valence-corrected chi connectivity index (χ2v) is 8.85. The normalized spacial score (nSPS) is 28.8. The molecule has 0 unspecified atom stereocenters. The first kappa shape index (κ1) is 18.3. The molecule has 0 spiro atoms. The number of rotatable bonds is 5. The predicted molar refractivity (Wildman–Crippen MR) is 112 cm³/mol. The molecule has 2 saturated heterocycles. The van der Waals surface area contributed by atoms with E-state index in [-0.39, 0.29) is 12.6 Å². The van der Waals surface area contributed by atoms with Crippen LogP contribution in [0, 0.1) is 5.92 Å². The molecule has 1 saturated carbocycles. The van der Waals surface area contributed by atoms with Crippen molar-refractivity contribution < 1.29 is 5.11 Å². The van der Waals surface area contributed by atoms with Gasteiger partial charge in [-0.2, -0.15) is 0 Å². The maximum Gasteiger partial charge on any atom is 0.0593 e. The van der Waals surface area contributed by atoms with Gasteiger partial charge in [-0.25, -0.2) is 0 Å². The number of pyridine rings is 1. The van der Waals surface area contributed by atoms with Crippen LogP contribution in [0.4, 0.5) is 0 Å². The molecule has 148 valence electrons. The molecule has 5 rings (SSSR count). The minimum absolute atomic E-state index is 0.258. The molecule has 1 aliphatic carbocycles. The van der Waals surface area contributed by atoms with Crippen molar-refractivity contribution in [2.75, 3.05) is 32.8 Å². The Balaban J connectivity index is 1.36. The fourth-order valence-corrected chi connectivity index (χ4v) is 5.27. The summed E-state index contributed by atoms with van der Waals surface area (Å²) in [5.41, 5.74) is 3.74. The average Bonchev–Trinajstić information content (AvgIpc) is 3.54. The Labute approximate surface area is 168 Å². The third-order valence-electron chi connectivity index (χ3n) is 6.96. The number of aliphatic hydroxyl groups excluding tert-OH is 1. The summed E-state index contributed by atoms with van der Waals surface area (Å²) in [5, 5.41) is 10.1.